The molecular weight excluding hydrogens is 822 g/mol. The molecule has 0 amide bonds. The van der Waals surface area contributed by atoms with E-state index in [1.54, 1.807) is 0 Å². The molecule has 0 atom stereocenters. The van der Waals surface area contributed by atoms with Crippen molar-refractivity contribution in [2.24, 2.45) is 0 Å². The maximum atomic E-state index is 3.93. The van der Waals surface area contributed by atoms with Gasteiger partial charge >= 0.3 is 0 Å². The van der Waals surface area contributed by atoms with Gasteiger partial charge < -0.3 is 15.1 Å². The van der Waals surface area contributed by atoms with E-state index in [0.29, 0.717) is 0 Å². The van der Waals surface area contributed by atoms with Crippen LogP contribution in [0.2, 0.25) is 0 Å². The Morgan fingerprint density at radius 3 is 1.47 bits per heavy atom. The van der Waals surface area contributed by atoms with Crippen LogP contribution < -0.4 is 26.0 Å². The number of anilines is 8. The highest BCUT2D eigenvalue weighted by Gasteiger charge is 2.31. The van der Waals surface area contributed by atoms with Gasteiger partial charge in [0.2, 0.25) is 0 Å². The zero-order chi connectivity index (χ0) is 45.2. The van der Waals surface area contributed by atoms with Crippen molar-refractivity contribution in [1.29, 1.82) is 0 Å². The van der Waals surface area contributed by atoms with Crippen molar-refractivity contribution in [3.05, 3.63) is 267 Å². The summed E-state index contributed by atoms with van der Waals surface area (Å²) in [6.07, 6.45) is 0. The lowest BCUT2D eigenvalue weighted by Crippen LogP contribution is -2.41. The predicted molar refractivity (Wildman–Crippen MR) is 291 cm³/mol. The van der Waals surface area contributed by atoms with E-state index in [-0.39, 0.29) is 0 Å². The number of nitrogens with one attached hydrogen (secondary N) is 1. The van der Waals surface area contributed by atoms with Crippen LogP contribution in [0.3, 0.4) is 0 Å². The largest absolute Gasteiger partial charge is 0.355 e. The van der Waals surface area contributed by atoms with Gasteiger partial charge in [0, 0.05) is 56.4 Å². The maximum absolute atomic E-state index is 3.93. The molecule has 0 bridgehead atoms. The van der Waals surface area contributed by atoms with E-state index in [1.807, 2.05) is 0 Å². The standard InChI is InChI=1S/C64H46BN3/c1-6-18-45(19-7-1)48-30-35-52(36-31-48)66-61-43-50(47-22-10-3-11-23-47)34-40-58(61)59-42-51-24-16-17-29-57(51)64-63(59)65-60-41-39-56(67(53-25-12-4-13-26-53)54-27-14-5-15-28-54)44-62(60)68(64)55-37-32-49(33-38-55)46-20-8-2-9-21-46/h1-44,65-66H. The van der Waals surface area contributed by atoms with E-state index in [2.05, 4.69) is 282 Å². The molecular formula is C64H46BN3. The Labute approximate surface area is 399 Å². The summed E-state index contributed by atoms with van der Waals surface area (Å²) in [5.74, 6) is 0. The second-order valence-electron chi connectivity index (χ2n) is 17.4. The van der Waals surface area contributed by atoms with Crippen molar-refractivity contribution in [2.75, 3.05) is 15.1 Å². The van der Waals surface area contributed by atoms with E-state index < -0.39 is 0 Å². The first-order chi connectivity index (χ1) is 33.7. The van der Waals surface area contributed by atoms with E-state index in [1.165, 1.54) is 60.8 Å². The van der Waals surface area contributed by atoms with Crippen molar-refractivity contribution < 1.29 is 0 Å². The van der Waals surface area contributed by atoms with Gasteiger partial charge in [0.1, 0.15) is 0 Å². The highest BCUT2D eigenvalue weighted by atomic mass is 15.2. The third-order valence-electron chi connectivity index (χ3n) is 13.2. The number of fused-ring (bicyclic) bond motifs is 4. The molecule has 3 nitrogen and oxygen atoms in total. The highest BCUT2D eigenvalue weighted by Crippen LogP contribution is 2.46. The molecule has 1 aliphatic heterocycles. The van der Waals surface area contributed by atoms with Crippen LogP contribution in [0.25, 0.3) is 55.3 Å². The van der Waals surface area contributed by atoms with Gasteiger partial charge in [-0.15, -0.1) is 0 Å². The minimum Gasteiger partial charge on any atom is -0.355 e. The summed E-state index contributed by atoms with van der Waals surface area (Å²) in [6, 6.07) is 96.5. The molecule has 1 N–H and O–H groups in total. The molecule has 11 aromatic carbocycles. The molecule has 0 radical (unpaired) electrons. The summed E-state index contributed by atoms with van der Waals surface area (Å²) in [4.78, 5) is 4.89. The molecule has 0 unspecified atom stereocenters. The summed E-state index contributed by atoms with van der Waals surface area (Å²) in [6.45, 7) is 0. The molecule has 4 heteroatoms. The topological polar surface area (TPSA) is 18.5 Å². The van der Waals surface area contributed by atoms with E-state index >= 15 is 0 Å². The Morgan fingerprint density at radius 1 is 0.368 bits per heavy atom. The van der Waals surface area contributed by atoms with Gasteiger partial charge in [-0.1, -0.05) is 200 Å². The van der Waals surface area contributed by atoms with Crippen molar-refractivity contribution in [2.45, 2.75) is 0 Å². The van der Waals surface area contributed by atoms with Gasteiger partial charge in [-0.3, -0.25) is 0 Å². The van der Waals surface area contributed by atoms with Gasteiger partial charge in [0.15, 0.2) is 7.28 Å². The third-order valence-corrected chi connectivity index (χ3v) is 13.2. The third kappa shape index (κ3) is 7.78. The van der Waals surface area contributed by atoms with Crippen LogP contribution in [0.5, 0.6) is 0 Å². The van der Waals surface area contributed by atoms with Gasteiger partial charge in [-0.25, -0.2) is 0 Å². The average Bonchev–Trinajstić information content (AvgIpc) is 3.42. The van der Waals surface area contributed by atoms with Crippen LogP contribution >= 0.6 is 0 Å². The molecule has 11 aromatic rings. The van der Waals surface area contributed by atoms with Gasteiger partial charge in [0.25, 0.3) is 0 Å². The maximum Gasteiger partial charge on any atom is 0.198 e. The monoisotopic (exact) mass is 867 g/mol. The number of rotatable bonds is 10. The van der Waals surface area contributed by atoms with Gasteiger partial charge in [0.05, 0.1) is 0 Å². The fourth-order valence-corrected chi connectivity index (χ4v) is 9.93. The normalized spacial score (nSPS) is 11.6. The minimum absolute atomic E-state index is 0.756. The van der Waals surface area contributed by atoms with Crippen molar-refractivity contribution >= 4 is 74.5 Å². The van der Waals surface area contributed by atoms with E-state index in [0.717, 1.165) is 58.2 Å². The first kappa shape index (κ1) is 40.6. The van der Waals surface area contributed by atoms with Crippen LogP contribution in [-0.2, 0) is 0 Å². The second-order valence-corrected chi connectivity index (χ2v) is 17.4. The molecule has 0 saturated carbocycles. The lowest BCUT2D eigenvalue weighted by Gasteiger charge is -2.37. The van der Waals surface area contributed by atoms with Crippen LogP contribution in [0, 0.1) is 0 Å². The summed E-state index contributed by atoms with van der Waals surface area (Å²) in [7, 11) is 0.756. The predicted octanol–water partition coefficient (Wildman–Crippen LogP) is 15.9. The van der Waals surface area contributed by atoms with E-state index in [9.17, 15) is 0 Å². The number of hydrogen-bond donors (Lipinski definition) is 1. The molecule has 0 aliphatic carbocycles. The lowest BCUT2D eigenvalue weighted by atomic mass is 9.57. The smallest absolute Gasteiger partial charge is 0.198 e. The Morgan fingerprint density at radius 2 is 0.868 bits per heavy atom. The van der Waals surface area contributed by atoms with Crippen LogP contribution in [0.1, 0.15) is 0 Å². The SMILES string of the molecule is B1c2ccc(N(c3ccccc3)c3ccccc3)cc2N(c2ccc(-c3ccccc3)cc2)c2c1c(-c1ccc(-c3ccccc3)cc1Nc1ccc(-c3ccccc3)cc1)cc1ccccc21. The Hall–Kier alpha value is -8.86. The van der Waals surface area contributed by atoms with Crippen molar-refractivity contribution in [1.82, 2.24) is 0 Å². The highest BCUT2D eigenvalue weighted by molar-refractivity contribution is 6.74. The molecule has 1 heterocycles. The quantitative estimate of drug-likeness (QED) is 0.138. The molecule has 0 aromatic heterocycles. The number of para-hydroxylation sites is 2. The van der Waals surface area contributed by atoms with Gasteiger partial charge in [-0.05, 0) is 123 Å². The zero-order valence-electron chi connectivity index (χ0n) is 37.5. The summed E-state index contributed by atoms with van der Waals surface area (Å²) < 4.78 is 0. The first-order valence-corrected chi connectivity index (χ1v) is 23.4. The fraction of sp³-hybridized carbons (Fsp3) is 0. The summed E-state index contributed by atoms with van der Waals surface area (Å²) in [5, 5.41) is 6.33. The van der Waals surface area contributed by atoms with Crippen molar-refractivity contribution in [3.8, 4) is 44.5 Å². The summed E-state index contributed by atoms with van der Waals surface area (Å²) >= 11 is 0. The van der Waals surface area contributed by atoms with Crippen LogP contribution in [-0.4, -0.2) is 7.28 Å². The first-order valence-electron chi connectivity index (χ1n) is 23.4. The minimum atomic E-state index is 0.756. The molecule has 12 rings (SSSR count). The average molecular weight is 868 g/mol. The molecule has 0 fully saturated rings. The molecule has 68 heavy (non-hydrogen) atoms. The fourth-order valence-electron chi connectivity index (χ4n) is 9.93. The second kappa shape index (κ2) is 17.8. The Balaban J connectivity index is 1.06. The Kier molecular flexibility index (Phi) is 10.7. The lowest BCUT2D eigenvalue weighted by molar-refractivity contribution is 1.26. The molecule has 0 spiro atoms. The molecule has 320 valence electrons. The Bertz CT molecular complexity index is 3490. The molecule has 1 aliphatic rings. The summed E-state index contributed by atoms with van der Waals surface area (Å²) in [5.41, 5.74) is 20.9. The van der Waals surface area contributed by atoms with Crippen LogP contribution in [0.15, 0.2) is 267 Å². The molecule has 0 saturated heterocycles. The zero-order valence-corrected chi connectivity index (χ0v) is 37.5. The van der Waals surface area contributed by atoms with E-state index in [4.69, 9.17) is 0 Å². The van der Waals surface area contributed by atoms with Gasteiger partial charge in [-0.2, -0.15) is 0 Å². The number of hydrogen-bond acceptors (Lipinski definition) is 3. The number of benzene rings is 11. The van der Waals surface area contributed by atoms with Crippen LogP contribution in [0.4, 0.5) is 45.5 Å². The van der Waals surface area contributed by atoms with Crippen molar-refractivity contribution in [3.63, 3.8) is 0 Å². The number of nitrogens with zero attached hydrogens (tertiary/aromatic N) is 2.